The molecule has 4 heteroatoms. The first-order valence-corrected chi connectivity index (χ1v) is 24.9. The highest BCUT2D eigenvalue weighted by molar-refractivity contribution is 7.19. The summed E-state index contributed by atoms with van der Waals surface area (Å²) in [4.78, 5) is 5.16. The summed E-state index contributed by atoms with van der Waals surface area (Å²) in [5.41, 5.74) is 22.9. The summed E-state index contributed by atoms with van der Waals surface area (Å²) in [5, 5.41) is 5.13. The van der Waals surface area contributed by atoms with Crippen LogP contribution in [0.1, 0.15) is 47.2 Å². The summed E-state index contributed by atoms with van der Waals surface area (Å²) < 4.78 is 4.85. The monoisotopic (exact) mass is 896 g/mol. The number of rotatable bonds is 6. The molecule has 0 spiro atoms. The Bertz CT molecular complexity index is 3710. The van der Waals surface area contributed by atoms with Crippen LogP contribution >= 0.6 is 22.7 Å². The Kier molecular flexibility index (Phi) is 8.90. The van der Waals surface area contributed by atoms with Gasteiger partial charge in [-0.3, -0.25) is 0 Å². The van der Waals surface area contributed by atoms with Crippen molar-refractivity contribution in [3.8, 4) is 64.3 Å². The van der Waals surface area contributed by atoms with E-state index in [1.54, 1.807) is 0 Å². The molecule has 0 amide bonds. The van der Waals surface area contributed by atoms with Crippen molar-refractivity contribution in [1.29, 1.82) is 0 Å². The summed E-state index contributed by atoms with van der Waals surface area (Å²) in [5.74, 6) is 0. The van der Waals surface area contributed by atoms with Gasteiger partial charge in [-0.2, -0.15) is 0 Å². The molecule has 322 valence electrons. The quantitative estimate of drug-likeness (QED) is 0.157. The van der Waals surface area contributed by atoms with Crippen molar-refractivity contribution in [1.82, 2.24) is 9.13 Å². The molecule has 0 fully saturated rings. The maximum atomic E-state index is 2.46. The minimum Gasteiger partial charge on any atom is -0.309 e. The predicted molar refractivity (Wildman–Crippen MR) is 289 cm³/mol. The molecule has 0 radical (unpaired) electrons. The van der Waals surface area contributed by atoms with Crippen molar-refractivity contribution < 1.29 is 0 Å². The summed E-state index contributed by atoms with van der Waals surface area (Å²) >= 11 is 3.77. The molecule has 0 aliphatic heterocycles. The molecule has 0 atom stereocenters. The lowest BCUT2D eigenvalue weighted by molar-refractivity contribution is 0.661. The summed E-state index contributed by atoms with van der Waals surface area (Å²) in [6.07, 6.45) is 0. The van der Waals surface area contributed by atoms with E-state index in [1.165, 1.54) is 141 Å². The number of thiophene rings is 2. The first-order chi connectivity index (χ1) is 32.6. The maximum absolute atomic E-state index is 2.46. The Morgan fingerprint density at radius 1 is 0.328 bits per heavy atom. The van der Waals surface area contributed by atoms with Gasteiger partial charge >= 0.3 is 0 Å². The summed E-state index contributed by atoms with van der Waals surface area (Å²) in [7, 11) is 0. The number of fused-ring (bicyclic) bond motifs is 9. The van der Waals surface area contributed by atoms with Gasteiger partial charge in [0.15, 0.2) is 0 Å². The van der Waals surface area contributed by atoms with Gasteiger partial charge in [-0.05, 0) is 192 Å². The molecule has 8 aromatic carbocycles. The Morgan fingerprint density at radius 2 is 0.672 bits per heavy atom. The van der Waals surface area contributed by atoms with Gasteiger partial charge in [0.1, 0.15) is 0 Å². The number of benzene rings is 8. The van der Waals surface area contributed by atoms with E-state index in [0.29, 0.717) is 0 Å². The average Bonchev–Trinajstić information content (AvgIpc) is 4.16. The zero-order chi connectivity index (χ0) is 45.3. The minimum atomic E-state index is -0.138. The lowest BCUT2D eigenvalue weighted by Crippen LogP contribution is -2.15. The number of para-hydroxylation sites is 2. The molecule has 0 saturated heterocycles. The van der Waals surface area contributed by atoms with Gasteiger partial charge < -0.3 is 9.13 Å². The van der Waals surface area contributed by atoms with Gasteiger partial charge in [-0.1, -0.05) is 98.8 Å². The number of aryl methyl sites for hydroxylation is 4. The molecule has 13 rings (SSSR count). The highest BCUT2D eigenvalue weighted by Crippen LogP contribution is 2.52. The predicted octanol–water partition coefficient (Wildman–Crippen LogP) is 18.2. The number of hydrogen-bond donors (Lipinski definition) is 0. The fourth-order valence-corrected chi connectivity index (χ4v) is 13.3. The molecule has 0 N–H and O–H groups in total. The average molecular weight is 897 g/mol. The molecule has 2 nitrogen and oxygen atoms in total. The molecule has 0 saturated carbocycles. The minimum absolute atomic E-state index is 0.138. The van der Waals surface area contributed by atoms with Gasteiger partial charge in [-0.25, -0.2) is 0 Å². The fourth-order valence-electron chi connectivity index (χ4n) is 11.3. The van der Waals surface area contributed by atoms with Gasteiger partial charge in [-0.15, -0.1) is 22.7 Å². The van der Waals surface area contributed by atoms with Crippen molar-refractivity contribution in [2.75, 3.05) is 0 Å². The normalized spacial score (nSPS) is 13.0. The Balaban J connectivity index is 0.803. The number of hydrogen-bond acceptors (Lipinski definition) is 2. The van der Waals surface area contributed by atoms with E-state index < -0.39 is 0 Å². The first-order valence-electron chi connectivity index (χ1n) is 23.3. The topological polar surface area (TPSA) is 9.86 Å². The van der Waals surface area contributed by atoms with Crippen molar-refractivity contribution in [2.45, 2.75) is 47.0 Å². The van der Waals surface area contributed by atoms with Crippen molar-refractivity contribution >= 4 is 66.3 Å². The molecule has 4 heterocycles. The van der Waals surface area contributed by atoms with Crippen LogP contribution in [0.4, 0.5) is 0 Å². The lowest BCUT2D eigenvalue weighted by Gasteiger charge is -2.22. The second-order valence-corrected chi connectivity index (χ2v) is 21.5. The third-order valence-electron chi connectivity index (χ3n) is 14.3. The molecule has 12 aromatic rings. The molecule has 1 aliphatic carbocycles. The van der Waals surface area contributed by atoms with Gasteiger partial charge in [0.25, 0.3) is 0 Å². The Labute approximate surface area is 399 Å². The van der Waals surface area contributed by atoms with Crippen LogP contribution in [0.3, 0.4) is 0 Å². The van der Waals surface area contributed by atoms with E-state index in [9.17, 15) is 0 Å². The van der Waals surface area contributed by atoms with Crippen LogP contribution in [0.2, 0.25) is 0 Å². The third kappa shape index (κ3) is 6.34. The lowest BCUT2D eigenvalue weighted by atomic mass is 9.81. The van der Waals surface area contributed by atoms with Crippen LogP contribution in [-0.4, -0.2) is 9.13 Å². The van der Waals surface area contributed by atoms with E-state index in [0.717, 1.165) is 0 Å². The van der Waals surface area contributed by atoms with Crippen molar-refractivity contribution in [3.63, 3.8) is 0 Å². The largest absolute Gasteiger partial charge is 0.309 e. The van der Waals surface area contributed by atoms with E-state index in [1.807, 2.05) is 22.7 Å². The fraction of sp³-hybridized carbons (Fsp3) is 0.111. The van der Waals surface area contributed by atoms with E-state index in [2.05, 4.69) is 233 Å². The molecular weight excluding hydrogens is 849 g/mol. The second kappa shape index (κ2) is 14.9. The standard InChI is InChI=1S/C63H48N2S2/c1-37-27-38(2)30-45(29-37)64-55-13-9-7-11-49(55)51-33-41(17-21-57(51)64)59-23-25-61(66-59)43-15-19-47-48-20-16-44(36-54(48)63(5,6)53(47)35-43)62-26-24-60(67-62)42-18-22-58-52(34-42)50-12-8-10-14-56(50)65(58)46-31-39(3)28-40(4)32-46/h7-36H,1-6H3. The molecule has 0 unspecified atom stereocenters. The van der Waals surface area contributed by atoms with E-state index >= 15 is 0 Å². The van der Waals surface area contributed by atoms with Gasteiger partial charge in [0.05, 0.1) is 22.1 Å². The van der Waals surface area contributed by atoms with Crippen molar-refractivity contribution in [2.24, 2.45) is 0 Å². The van der Waals surface area contributed by atoms with Crippen LogP contribution in [0, 0.1) is 27.7 Å². The first kappa shape index (κ1) is 40.1. The maximum Gasteiger partial charge on any atom is 0.0541 e. The number of nitrogens with zero attached hydrogens (tertiary/aromatic N) is 2. The molecule has 67 heavy (non-hydrogen) atoms. The third-order valence-corrected chi connectivity index (χ3v) is 16.7. The second-order valence-electron chi connectivity index (χ2n) is 19.3. The van der Waals surface area contributed by atoms with Crippen molar-refractivity contribution in [3.05, 3.63) is 215 Å². The van der Waals surface area contributed by atoms with Gasteiger partial charge in [0, 0.05) is 57.8 Å². The van der Waals surface area contributed by atoms with E-state index in [4.69, 9.17) is 0 Å². The highest BCUT2D eigenvalue weighted by atomic mass is 32.1. The van der Waals surface area contributed by atoms with E-state index in [-0.39, 0.29) is 5.41 Å². The molecule has 4 aromatic heterocycles. The summed E-state index contributed by atoms with van der Waals surface area (Å²) in [6.45, 7) is 13.5. The summed E-state index contributed by atoms with van der Waals surface area (Å²) in [6, 6.07) is 68.9. The zero-order valence-corrected chi connectivity index (χ0v) is 40.2. The van der Waals surface area contributed by atoms with Gasteiger partial charge in [0.2, 0.25) is 0 Å². The highest BCUT2D eigenvalue weighted by Gasteiger charge is 2.36. The van der Waals surface area contributed by atoms with Crippen LogP contribution < -0.4 is 0 Å². The van der Waals surface area contributed by atoms with Crippen LogP contribution in [0.15, 0.2) is 182 Å². The number of aromatic nitrogens is 2. The zero-order valence-electron chi connectivity index (χ0n) is 38.5. The molecular formula is C63H48N2S2. The Hall–Kier alpha value is -7.24. The van der Waals surface area contributed by atoms with Crippen LogP contribution in [0.5, 0.6) is 0 Å². The Morgan fingerprint density at radius 3 is 1.07 bits per heavy atom. The molecule has 0 bridgehead atoms. The smallest absolute Gasteiger partial charge is 0.0541 e. The van der Waals surface area contributed by atoms with Crippen LogP contribution in [-0.2, 0) is 5.41 Å². The molecule has 1 aliphatic rings. The SMILES string of the molecule is Cc1cc(C)cc(-n2c3ccccc3c3cc(-c4ccc(-c5ccc6c(c5)C(C)(C)c5cc(-c7ccc(-c8ccc9c(c8)c8ccccc8n9-c8cc(C)cc(C)c8)s7)ccc5-6)s4)ccc32)c1. The van der Waals surface area contributed by atoms with Crippen LogP contribution in [0.25, 0.3) is 108 Å².